The van der Waals surface area contributed by atoms with Crippen LogP contribution in [0.4, 0.5) is 0 Å². The number of pyridine rings is 1. The average molecular weight is 370 g/mol. The first kappa shape index (κ1) is 17.0. The minimum atomic E-state index is -0.0307. The molecule has 0 atom stereocenters. The Kier molecular flexibility index (Phi) is 4.59. The van der Waals surface area contributed by atoms with E-state index in [4.69, 9.17) is 11.6 Å². The molecule has 26 heavy (non-hydrogen) atoms. The zero-order valence-corrected chi connectivity index (χ0v) is 15.4. The van der Waals surface area contributed by atoms with Crippen LogP contribution in [0.5, 0.6) is 0 Å². The molecule has 3 aromatic rings. The number of amides is 1. The summed E-state index contributed by atoms with van der Waals surface area (Å²) in [7, 11) is 1.78. The van der Waals surface area contributed by atoms with Gasteiger partial charge in [-0.05, 0) is 30.5 Å². The Labute approximate surface area is 156 Å². The molecule has 1 amide bonds. The molecular formula is C19H20ClN5O. The van der Waals surface area contributed by atoms with Crippen LogP contribution in [0.2, 0.25) is 5.02 Å². The molecule has 7 heteroatoms. The standard InChI is InChI=1S/C19H20ClN5O/c1-24-18-17(22-23-24)10-14(11-21-18)19(26)25(15-7-3-4-8-15)12-13-6-2-5-9-16(13)20/h2,5-6,9-11,15H,3-4,7-8,12H2,1H3. The van der Waals surface area contributed by atoms with Crippen LogP contribution in [0.3, 0.4) is 0 Å². The van der Waals surface area contributed by atoms with Crippen LogP contribution in [0, 0.1) is 0 Å². The van der Waals surface area contributed by atoms with E-state index in [1.54, 1.807) is 24.0 Å². The Morgan fingerprint density at radius 2 is 2.08 bits per heavy atom. The number of carbonyl (C=O) groups excluding carboxylic acids is 1. The fraction of sp³-hybridized carbons (Fsp3) is 0.368. The molecule has 6 nitrogen and oxygen atoms in total. The summed E-state index contributed by atoms with van der Waals surface area (Å²) in [5.74, 6) is -0.0307. The van der Waals surface area contributed by atoms with Crippen LogP contribution >= 0.6 is 11.6 Å². The van der Waals surface area contributed by atoms with E-state index in [1.165, 1.54) is 0 Å². The molecule has 1 aliphatic carbocycles. The van der Waals surface area contributed by atoms with Crippen LogP contribution in [0.1, 0.15) is 41.6 Å². The van der Waals surface area contributed by atoms with Gasteiger partial charge in [-0.25, -0.2) is 9.67 Å². The molecule has 0 bridgehead atoms. The molecule has 0 saturated heterocycles. The number of aryl methyl sites for hydroxylation is 1. The summed E-state index contributed by atoms with van der Waals surface area (Å²) in [6.07, 6.45) is 5.97. The molecule has 0 radical (unpaired) electrons. The normalized spacial score (nSPS) is 14.8. The Morgan fingerprint density at radius 3 is 2.85 bits per heavy atom. The van der Waals surface area contributed by atoms with Crippen LogP contribution in [0.15, 0.2) is 36.5 Å². The molecule has 0 spiro atoms. The number of rotatable bonds is 4. The van der Waals surface area contributed by atoms with Gasteiger partial charge in [-0.1, -0.05) is 47.9 Å². The van der Waals surface area contributed by atoms with E-state index < -0.39 is 0 Å². The lowest BCUT2D eigenvalue weighted by Crippen LogP contribution is -2.38. The van der Waals surface area contributed by atoms with E-state index >= 15 is 0 Å². The van der Waals surface area contributed by atoms with Gasteiger partial charge in [0.1, 0.15) is 5.52 Å². The minimum absolute atomic E-state index is 0.0307. The zero-order valence-electron chi connectivity index (χ0n) is 14.6. The van der Waals surface area contributed by atoms with Gasteiger partial charge in [-0.3, -0.25) is 4.79 Å². The first-order chi connectivity index (χ1) is 12.6. The second-order valence-corrected chi connectivity index (χ2v) is 7.15. The highest BCUT2D eigenvalue weighted by Crippen LogP contribution is 2.28. The molecule has 134 valence electrons. The topological polar surface area (TPSA) is 63.9 Å². The van der Waals surface area contributed by atoms with E-state index in [-0.39, 0.29) is 11.9 Å². The van der Waals surface area contributed by atoms with Crippen molar-refractivity contribution in [3.8, 4) is 0 Å². The van der Waals surface area contributed by atoms with Gasteiger partial charge in [0, 0.05) is 30.9 Å². The third kappa shape index (κ3) is 3.17. The van der Waals surface area contributed by atoms with Crippen LogP contribution in [-0.2, 0) is 13.6 Å². The van der Waals surface area contributed by atoms with Gasteiger partial charge in [0.05, 0.1) is 5.56 Å². The molecule has 2 aromatic heterocycles. The highest BCUT2D eigenvalue weighted by Gasteiger charge is 2.28. The SMILES string of the molecule is Cn1nnc2cc(C(=O)N(Cc3ccccc3Cl)C3CCCC3)cnc21. The summed E-state index contributed by atoms with van der Waals surface area (Å²) in [5.41, 5.74) is 2.79. The van der Waals surface area contributed by atoms with Crippen molar-refractivity contribution in [2.24, 2.45) is 7.05 Å². The van der Waals surface area contributed by atoms with Gasteiger partial charge in [0.2, 0.25) is 0 Å². The summed E-state index contributed by atoms with van der Waals surface area (Å²) >= 11 is 6.34. The van der Waals surface area contributed by atoms with E-state index in [0.29, 0.717) is 28.3 Å². The summed E-state index contributed by atoms with van der Waals surface area (Å²) in [6, 6.07) is 9.69. The summed E-state index contributed by atoms with van der Waals surface area (Å²) < 4.78 is 1.60. The highest BCUT2D eigenvalue weighted by atomic mass is 35.5. The molecular weight excluding hydrogens is 350 g/mol. The number of nitrogens with zero attached hydrogens (tertiary/aromatic N) is 5. The first-order valence-corrected chi connectivity index (χ1v) is 9.21. The summed E-state index contributed by atoms with van der Waals surface area (Å²) in [4.78, 5) is 19.6. The van der Waals surface area contributed by atoms with Crippen molar-refractivity contribution in [1.82, 2.24) is 24.9 Å². The van der Waals surface area contributed by atoms with Crippen molar-refractivity contribution in [1.29, 1.82) is 0 Å². The maximum absolute atomic E-state index is 13.3. The van der Waals surface area contributed by atoms with Crippen LogP contribution < -0.4 is 0 Å². The van der Waals surface area contributed by atoms with Crippen molar-refractivity contribution in [3.05, 3.63) is 52.7 Å². The van der Waals surface area contributed by atoms with E-state index in [9.17, 15) is 4.79 Å². The predicted octanol–water partition coefficient (Wildman–Crippen LogP) is 3.60. The van der Waals surface area contributed by atoms with Gasteiger partial charge in [-0.15, -0.1) is 5.10 Å². The predicted molar refractivity (Wildman–Crippen MR) is 99.9 cm³/mol. The lowest BCUT2D eigenvalue weighted by molar-refractivity contribution is 0.0664. The third-order valence-corrected chi connectivity index (χ3v) is 5.38. The molecule has 1 aromatic carbocycles. The molecule has 0 aliphatic heterocycles. The Morgan fingerprint density at radius 1 is 1.31 bits per heavy atom. The van der Waals surface area contributed by atoms with Crippen LogP contribution in [0.25, 0.3) is 11.2 Å². The minimum Gasteiger partial charge on any atom is -0.331 e. The number of benzene rings is 1. The molecule has 0 N–H and O–H groups in total. The first-order valence-electron chi connectivity index (χ1n) is 8.83. The van der Waals surface area contributed by atoms with Gasteiger partial charge in [-0.2, -0.15) is 0 Å². The second-order valence-electron chi connectivity index (χ2n) is 6.74. The number of fused-ring (bicyclic) bond motifs is 1. The number of carbonyl (C=O) groups is 1. The third-order valence-electron chi connectivity index (χ3n) is 5.01. The monoisotopic (exact) mass is 369 g/mol. The maximum Gasteiger partial charge on any atom is 0.256 e. The van der Waals surface area contributed by atoms with Crippen molar-refractivity contribution in [2.75, 3.05) is 0 Å². The number of aromatic nitrogens is 4. The van der Waals surface area contributed by atoms with Crippen molar-refractivity contribution in [3.63, 3.8) is 0 Å². The Balaban J connectivity index is 1.67. The van der Waals surface area contributed by atoms with Gasteiger partial charge >= 0.3 is 0 Å². The lowest BCUT2D eigenvalue weighted by atomic mass is 10.1. The molecule has 1 aliphatic rings. The average Bonchev–Trinajstić information content (AvgIpc) is 3.31. The van der Waals surface area contributed by atoms with Gasteiger partial charge in [0.15, 0.2) is 5.65 Å². The number of hydrogen-bond donors (Lipinski definition) is 0. The van der Waals surface area contributed by atoms with Crippen molar-refractivity contribution in [2.45, 2.75) is 38.3 Å². The lowest BCUT2D eigenvalue weighted by Gasteiger charge is -2.29. The quantitative estimate of drug-likeness (QED) is 0.704. The fourth-order valence-electron chi connectivity index (χ4n) is 3.60. The van der Waals surface area contributed by atoms with Crippen molar-refractivity contribution >= 4 is 28.7 Å². The highest BCUT2D eigenvalue weighted by molar-refractivity contribution is 6.31. The fourth-order valence-corrected chi connectivity index (χ4v) is 3.80. The zero-order chi connectivity index (χ0) is 18.1. The van der Waals surface area contributed by atoms with E-state index in [1.807, 2.05) is 29.2 Å². The molecule has 2 heterocycles. The van der Waals surface area contributed by atoms with Gasteiger partial charge in [0.25, 0.3) is 5.91 Å². The summed E-state index contributed by atoms with van der Waals surface area (Å²) in [6.45, 7) is 0.502. The maximum atomic E-state index is 13.3. The van der Waals surface area contributed by atoms with E-state index in [2.05, 4.69) is 15.3 Å². The Hall–Kier alpha value is -2.47. The second kappa shape index (κ2) is 7.03. The molecule has 1 saturated carbocycles. The van der Waals surface area contributed by atoms with Gasteiger partial charge < -0.3 is 4.90 Å². The van der Waals surface area contributed by atoms with Crippen molar-refractivity contribution < 1.29 is 4.79 Å². The number of halogens is 1. The molecule has 0 unspecified atom stereocenters. The number of hydrogen-bond acceptors (Lipinski definition) is 4. The smallest absolute Gasteiger partial charge is 0.256 e. The van der Waals surface area contributed by atoms with E-state index in [0.717, 1.165) is 31.2 Å². The molecule has 1 fully saturated rings. The summed E-state index contributed by atoms with van der Waals surface area (Å²) in [5, 5.41) is 8.72. The largest absolute Gasteiger partial charge is 0.331 e. The van der Waals surface area contributed by atoms with Crippen LogP contribution in [-0.4, -0.2) is 36.8 Å². The Bertz CT molecular complexity index is 948. The molecule has 4 rings (SSSR count).